The van der Waals surface area contributed by atoms with Crippen molar-refractivity contribution < 1.29 is 19.5 Å². The molecule has 74 valence electrons. The van der Waals surface area contributed by atoms with Gasteiger partial charge in [-0.15, -0.1) is 0 Å². The van der Waals surface area contributed by atoms with E-state index in [9.17, 15) is 14.4 Å². The zero-order valence-electron chi connectivity index (χ0n) is 7.24. The van der Waals surface area contributed by atoms with Gasteiger partial charge in [0.2, 0.25) is 11.8 Å². The second-order valence-electron chi connectivity index (χ2n) is 2.59. The quantitative estimate of drug-likeness (QED) is 0.505. The predicted molar refractivity (Wildman–Crippen MR) is 43.7 cm³/mol. The molecule has 0 aromatic heterocycles. The van der Waals surface area contributed by atoms with Gasteiger partial charge >= 0.3 is 5.97 Å². The number of aliphatic carboxylic acids is 1. The maximum absolute atomic E-state index is 10.7. The molecular formula is C7H12N2O4. The van der Waals surface area contributed by atoms with Crippen LogP contribution in [0.1, 0.15) is 19.8 Å². The van der Waals surface area contributed by atoms with E-state index < -0.39 is 23.8 Å². The van der Waals surface area contributed by atoms with Gasteiger partial charge in [-0.2, -0.15) is 0 Å². The Morgan fingerprint density at radius 2 is 2.00 bits per heavy atom. The molecule has 0 aliphatic carbocycles. The molecule has 13 heavy (non-hydrogen) atoms. The van der Waals surface area contributed by atoms with E-state index in [1.165, 1.54) is 6.92 Å². The Hall–Kier alpha value is -1.59. The van der Waals surface area contributed by atoms with Crippen LogP contribution in [0.25, 0.3) is 0 Å². The Labute approximate surface area is 75.1 Å². The lowest BCUT2D eigenvalue weighted by atomic mass is 10.1. The largest absolute Gasteiger partial charge is 0.481 e. The van der Waals surface area contributed by atoms with Gasteiger partial charge in [-0.3, -0.25) is 14.4 Å². The molecule has 0 aliphatic heterocycles. The van der Waals surface area contributed by atoms with Crippen LogP contribution in [0.4, 0.5) is 0 Å². The minimum atomic E-state index is -1.03. The van der Waals surface area contributed by atoms with Crippen molar-refractivity contribution in [3.05, 3.63) is 0 Å². The molecule has 0 aromatic carbocycles. The van der Waals surface area contributed by atoms with Gasteiger partial charge in [0.1, 0.15) is 6.04 Å². The molecule has 0 aliphatic rings. The van der Waals surface area contributed by atoms with Crippen molar-refractivity contribution in [2.75, 3.05) is 0 Å². The van der Waals surface area contributed by atoms with E-state index >= 15 is 0 Å². The molecule has 4 N–H and O–H groups in total. The minimum absolute atomic E-state index is 0.0181. The molecule has 0 radical (unpaired) electrons. The highest BCUT2D eigenvalue weighted by atomic mass is 16.4. The van der Waals surface area contributed by atoms with Crippen LogP contribution in [0, 0.1) is 0 Å². The number of carbonyl (C=O) groups is 3. The summed E-state index contributed by atoms with van der Waals surface area (Å²) in [5, 5.41) is 10.6. The Kier molecular flexibility index (Phi) is 4.50. The van der Waals surface area contributed by atoms with Crippen molar-refractivity contribution in [3.8, 4) is 0 Å². The summed E-state index contributed by atoms with van der Waals surface area (Å²) in [4.78, 5) is 31.3. The monoisotopic (exact) mass is 188 g/mol. The number of rotatable bonds is 5. The second kappa shape index (κ2) is 5.13. The first kappa shape index (κ1) is 11.4. The number of carboxylic acids is 1. The van der Waals surface area contributed by atoms with Crippen LogP contribution in [0.15, 0.2) is 0 Å². The summed E-state index contributed by atoms with van der Waals surface area (Å²) in [5.41, 5.74) is 4.92. The number of nitrogens with one attached hydrogen (secondary N) is 1. The molecule has 0 spiro atoms. The van der Waals surface area contributed by atoms with E-state index in [0.717, 1.165) is 0 Å². The zero-order valence-corrected chi connectivity index (χ0v) is 7.24. The third-order valence-electron chi connectivity index (χ3n) is 1.37. The van der Waals surface area contributed by atoms with Crippen molar-refractivity contribution in [2.45, 2.75) is 25.8 Å². The first-order chi connectivity index (χ1) is 5.93. The maximum atomic E-state index is 10.7. The van der Waals surface area contributed by atoms with E-state index in [2.05, 4.69) is 5.32 Å². The van der Waals surface area contributed by atoms with Gasteiger partial charge in [-0.25, -0.2) is 0 Å². The molecule has 0 aromatic rings. The molecule has 0 unspecified atom stereocenters. The van der Waals surface area contributed by atoms with Gasteiger partial charge in [0, 0.05) is 13.3 Å². The molecule has 0 bridgehead atoms. The van der Waals surface area contributed by atoms with Crippen LogP contribution in [0.2, 0.25) is 0 Å². The Balaban J connectivity index is 4.02. The predicted octanol–water partition coefficient (Wildman–Crippen LogP) is -1.16. The van der Waals surface area contributed by atoms with Gasteiger partial charge in [0.15, 0.2) is 0 Å². The van der Waals surface area contributed by atoms with Crippen molar-refractivity contribution in [1.82, 2.24) is 5.32 Å². The Morgan fingerprint density at radius 3 is 2.31 bits per heavy atom. The lowest BCUT2D eigenvalue weighted by Crippen LogP contribution is -2.43. The highest BCUT2D eigenvalue weighted by Crippen LogP contribution is 1.96. The molecule has 0 saturated carbocycles. The van der Waals surface area contributed by atoms with Crippen LogP contribution < -0.4 is 11.1 Å². The van der Waals surface area contributed by atoms with Crippen LogP contribution >= 0.6 is 0 Å². The lowest BCUT2D eigenvalue weighted by molar-refractivity contribution is -0.137. The maximum Gasteiger partial charge on any atom is 0.303 e. The van der Waals surface area contributed by atoms with Crippen LogP contribution in [-0.4, -0.2) is 28.9 Å². The average Bonchev–Trinajstić information content (AvgIpc) is 1.96. The molecular weight excluding hydrogens is 176 g/mol. The lowest BCUT2D eigenvalue weighted by Gasteiger charge is -2.12. The molecule has 1 atom stereocenters. The molecule has 6 nitrogen and oxygen atoms in total. The molecule has 0 heterocycles. The number of primary amides is 1. The first-order valence-electron chi connectivity index (χ1n) is 3.71. The fourth-order valence-corrected chi connectivity index (χ4v) is 0.799. The number of hydrogen-bond donors (Lipinski definition) is 3. The third kappa shape index (κ3) is 5.66. The van der Waals surface area contributed by atoms with E-state index in [1.54, 1.807) is 0 Å². The highest BCUT2D eigenvalue weighted by molar-refractivity contribution is 5.86. The van der Waals surface area contributed by atoms with Crippen LogP contribution in [0.5, 0.6) is 0 Å². The molecule has 2 amide bonds. The van der Waals surface area contributed by atoms with Gasteiger partial charge < -0.3 is 16.2 Å². The summed E-state index contributed by atoms with van der Waals surface area (Å²) in [5.74, 6) is -2.16. The third-order valence-corrected chi connectivity index (χ3v) is 1.37. The summed E-state index contributed by atoms with van der Waals surface area (Å²) in [6, 6.07) is -0.895. The van der Waals surface area contributed by atoms with E-state index in [4.69, 9.17) is 10.8 Å². The summed E-state index contributed by atoms with van der Waals surface area (Å²) in [6.45, 7) is 1.23. The molecule has 0 rings (SSSR count). The normalized spacial score (nSPS) is 11.8. The van der Waals surface area contributed by atoms with Crippen LogP contribution in [-0.2, 0) is 14.4 Å². The summed E-state index contributed by atoms with van der Waals surface area (Å²) in [6.07, 6.45) is -0.182. The smallest absolute Gasteiger partial charge is 0.303 e. The van der Waals surface area contributed by atoms with E-state index in [0.29, 0.717) is 0 Å². The van der Waals surface area contributed by atoms with Gasteiger partial charge in [-0.05, 0) is 6.42 Å². The van der Waals surface area contributed by atoms with Crippen molar-refractivity contribution in [2.24, 2.45) is 5.73 Å². The first-order valence-corrected chi connectivity index (χ1v) is 3.71. The Morgan fingerprint density at radius 1 is 1.46 bits per heavy atom. The topological polar surface area (TPSA) is 109 Å². The van der Waals surface area contributed by atoms with Gasteiger partial charge in [-0.1, -0.05) is 0 Å². The average molecular weight is 188 g/mol. The van der Waals surface area contributed by atoms with Gasteiger partial charge in [0.25, 0.3) is 0 Å². The minimum Gasteiger partial charge on any atom is -0.481 e. The number of amides is 2. The fourth-order valence-electron chi connectivity index (χ4n) is 0.799. The fraction of sp³-hybridized carbons (Fsp3) is 0.571. The summed E-state index contributed by atoms with van der Waals surface area (Å²) < 4.78 is 0. The number of carbonyl (C=O) groups excluding carboxylic acids is 2. The molecule has 0 saturated heterocycles. The standard InChI is InChI=1S/C7H12N2O4/c1-4(10)9-5(7(8)13)2-3-6(11)12/h5H,2-3H2,1H3,(H2,8,13)(H,9,10)(H,11,12)/t5-/m0/s1. The number of carboxylic acid groups (broad SMARTS) is 1. The SMILES string of the molecule is CC(=O)N[C@@H](CCC(=O)O)C(N)=O. The summed E-state index contributed by atoms with van der Waals surface area (Å²) in [7, 11) is 0. The molecule has 0 fully saturated rings. The zero-order chi connectivity index (χ0) is 10.4. The number of hydrogen-bond acceptors (Lipinski definition) is 3. The molecule has 6 heteroatoms. The second-order valence-corrected chi connectivity index (χ2v) is 2.59. The van der Waals surface area contributed by atoms with Crippen molar-refractivity contribution in [1.29, 1.82) is 0 Å². The van der Waals surface area contributed by atoms with Crippen molar-refractivity contribution in [3.63, 3.8) is 0 Å². The van der Waals surface area contributed by atoms with E-state index in [-0.39, 0.29) is 12.8 Å². The highest BCUT2D eigenvalue weighted by Gasteiger charge is 2.16. The Bertz CT molecular complexity index is 227. The summed E-state index contributed by atoms with van der Waals surface area (Å²) >= 11 is 0. The van der Waals surface area contributed by atoms with E-state index in [1.807, 2.05) is 0 Å². The van der Waals surface area contributed by atoms with Gasteiger partial charge in [0.05, 0.1) is 0 Å². The van der Waals surface area contributed by atoms with Crippen molar-refractivity contribution >= 4 is 17.8 Å². The number of nitrogens with two attached hydrogens (primary N) is 1. The van der Waals surface area contributed by atoms with Crippen LogP contribution in [0.3, 0.4) is 0 Å².